The summed E-state index contributed by atoms with van der Waals surface area (Å²) < 4.78 is 20.5. The van der Waals surface area contributed by atoms with Crippen molar-refractivity contribution in [3.8, 4) is 28.5 Å². The van der Waals surface area contributed by atoms with Gasteiger partial charge in [-0.2, -0.15) is 0 Å². The average Bonchev–Trinajstić information content (AvgIpc) is 3.26. The minimum Gasteiger partial charge on any atom is -0.493 e. The molecule has 0 radical (unpaired) electrons. The maximum Gasteiger partial charge on any atom is 0.337 e. The van der Waals surface area contributed by atoms with Crippen LogP contribution in [0.5, 0.6) is 17.2 Å². The van der Waals surface area contributed by atoms with Crippen molar-refractivity contribution >= 4 is 34.2 Å². The summed E-state index contributed by atoms with van der Waals surface area (Å²) in [5.41, 5.74) is 2.39. The summed E-state index contributed by atoms with van der Waals surface area (Å²) in [5, 5.41) is 7.63. The zero-order chi connectivity index (χ0) is 22.4. The van der Waals surface area contributed by atoms with E-state index in [4.69, 9.17) is 18.9 Å². The molecule has 162 valence electrons. The molecule has 10 heteroatoms. The number of carbonyl (C=O) groups is 2. The topological polar surface area (TPSA) is 108 Å². The first-order valence-electron chi connectivity index (χ1n) is 9.01. The van der Waals surface area contributed by atoms with Crippen molar-refractivity contribution in [3.05, 3.63) is 47.3 Å². The lowest BCUT2D eigenvalue weighted by atomic mass is 10.1. The Hall–Kier alpha value is -3.79. The van der Waals surface area contributed by atoms with Crippen LogP contribution in [0, 0.1) is 0 Å². The zero-order valence-electron chi connectivity index (χ0n) is 17.3. The third kappa shape index (κ3) is 5.04. The number of ether oxygens (including phenoxy) is 4. The molecule has 3 aromatic rings. The molecular weight excluding hydrogens is 422 g/mol. The normalized spacial score (nSPS) is 10.2. The second-order valence-corrected chi connectivity index (χ2v) is 6.96. The lowest BCUT2D eigenvalue weighted by Gasteiger charge is -2.14. The summed E-state index contributed by atoms with van der Waals surface area (Å²) in [5.74, 6) is 0.863. The van der Waals surface area contributed by atoms with E-state index < -0.39 is 12.0 Å². The van der Waals surface area contributed by atoms with Crippen LogP contribution in [0.3, 0.4) is 0 Å². The Balaban J connectivity index is 1.70. The van der Waals surface area contributed by atoms with E-state index in [0.29, 0.717) is 39.3 Å². The summed E-state index contributed by atoms with van der Waals surface area (Å²) in [7, 11) is 5.83. The van der Waals surface area contributed by atoms with Gasteiger partial charge in [0.1, 0.15) is 0 Å². The van der Waals surface area contributed by atoms with Gasteiger partial charge in [-0.3, -0.25) is 5.32 Å². The fourth-order valence-electron chi connectivity index (χ4n) is 2.77. The van der Waals surface area contributed by atoms with E-state index in [1.807, 2.05) is 5.38 Å². The van der Waals surface area contributed by atoms with Gasteiger partial charge in [0.15, 0.2) is 16.6 Å². The third-order valence-electron chi connectivity index (χ3n) is 4.25. The first-order chi connectivity index (χ1) is 15.0. The second-order valence-electron chi connectivity index (χ2n) is 6.10. The number of esters is 1. The zero-order valence-corrected chi connectivity index (χ0v) is 18.2. The van der Waals surface area contributed by atoms with Gasteiger partial charge in [-0.1, -0.05) is 12.1 Å². The number of hydrogen-bond donors (Lipinski definition) is 2. The van der Waals surface area contributed by atoms with E-state index in [1.165, 1.54) is 39.8 Å². The molecule has 1 aromatic heterocycles. The van der Waals surface area contributed by atoms with Gasteiger partial charge < -0.3 is 24.3 Å². The molecule has 3 rings (SSSR count). The molecular formula is C21H21N3O6S. The van der Waals surface area contributed by atoms with E-state index in [2.05, 4.69) is 15.6 Å². The average molecular weight is 443 g/mol. The highest BCUT2D eigenvalue weighted by Crippen LogP contribution is 2.40. The van der Waals surface area contributed by atoms with Crippen LogP contribution in [0.25, 0.3) is 11.3 Å². The summed E-state index contributed by atoms with van der Waals surface area (Å²) in [4.78, 5) is 28.4. The molecule has 0 spiro atoms. The SMILES string of the molecule is COC(=O)c1ccc(-c2csc(NC(=O)Nc3cc(OC)c(OC)c(OC)c3)n2)cc1. The fraction of sp³-hybridized carbons (Fsp3) is 0.190. The molecule has 2 amide bonds. The van der Waals surface area contributed by atoms with Crippen LogP contribution in [0.1, 0.15) is 10.4 Å². The molecule has 0 atom stereocenters. The van der Waals surface area contributed by atoms with E-state index in [-0.39, 0.29) is 0 Å². The molecule has 0 saturated heterocycles. The first kappa shape index (κ1) is 21.9. The molecule has 0 aliphatic carbocycles. The number of methoxy groups -OCH3 is 4. The van der Waals surface area contributed by atoms with Crippen molar-refractivity contribution in [1.29, 1.82) is 0 Å². The number of aromatic nitrogens is 1. The van der Waals surface area contributed by atoms with Gasteiger partial charge in [-0.25, -0.2) is 14.6 Å². The van der Waals surface area contributed by atoms with Gasteiger partial charge in [0, 0.05) is 23.1 Å². The van der Waals surface area contributed by atoms with E-state index >= 15 is 0 Å². The minimum absolute atomic E-state index is 0.407. The molecule has 9 nitrogen and oxygen atoms in total. The molecule has 0 bridgehead atoms. The van der Waals surface area contributed by atoms with Crippen LogP contribution in [-0.4, -0.2) is 45.4 Å². The molecule has 31 heavy (non-hydrogen) atoms. The Kier molecular flexibility index (Phi) is 6.93. The van der Waals surface area contributed by atoms with Crippen LogP contribution in [-0.2, 0) is 4.74 Å². The number of thiazole rings is 1. The quantitative estimate of drug-likeness (QED) is 0.525. The minimum atomic E-state index is -0.476. The number of nitrogens with one attached hydrogen (secondary N) is 2. The van der Waals surface area contributed by atoms with Gasteiger partial charge in [0.25, 0.3) is 0 Å². The van der Waals surface area contributed by atoms with Crippen molar-refractivity contribution in [2.75, 3.05) is 39.1 Å². The number of anilines is 2. The van der Waals surface area contributed by atoms with Crippen molar-refractivity contribution in [3.63, 3.8) is 0 Å². The molecule has 0 aliphatic rings. The lowest BCUT2D eigenvalue weighted by molar-refractivity contribution is 0.0600. The summed E-state index contributed by atoms with van der Waals surface area (Å²) in [6.07, 6.45) is 0. The Labute approximate surface area is 182 Å². The van der Waals surface area contributed by atoms with E-state index in [0.717, 1.165) is 5.56 Å². The standard InChI is InChI=1S/C21H21N3O6S/c1-27-16-9-14(10-17(28-2)18(16)29-3)22-20(26)24-21-23-15(11-31-21)12-5-7-13(8-6-12)19(25)30-4/h5-11H,1-4H3,(H2,22,23,24,26). The maximum atomic E-state index is 12.4. The number of benzene rings is 2. The number of amides is 2. The molecule has 1 heterocycles. The summed E-state index contributed by atoms with van der Waals surface area (Å²) in [6, 6.07) is 9.61. The monoisotopic (exact) mass is 443 g/mol. The molecule has 0 aliphatic heterocycles. The fourth-order valence-corrected chi connectivity index (χ4v) is 3.49. The number of rotatable bonds is 7. The molecule has 2 N–H and O–H groups in total. The van der Waals surface area contributed by atoms with Crippen molar-refractivity contribution in [2.45, 2.75) is 0 Å². The Morgan fingerprint density at radius 3 is 2.10 bits per heavy atom. The predicted octanol–water partition coefficient (Wildman–Crippen LogP) is 4.27. The second kappa shape index (κ2) is 9.81. The summed E-state index contributed by atoms with van der Waals surface area (Å²) in [6.45, 7) is 0. The third-order valence-corrected chi connectivity index (χ3v) is 5.01. The molecule has 0 saturated carbocycles. The Morgan fingerprint density at radius 2 is 1.55 bits per heavy atom. The predicted molar refractivity (Wildman–Crippen MR) is 118 cm³/mol. The largest absolute Gasteiger partial charge is 0.493 e. The van der Waals surface area contributed by atoms with Crippen molar-refractivity contribution in [2.24, 2.45) is 0 Å². The Bertz CT molecular complexity index is 1060. The number of hydrogen-bond acceptors (Lipinski definition) is 8. The van der Waals surface area contributed by atoms with Crippen molar-refractivity contribution in [1.82, 2.24) is 4.98 Å². The molecule has 0 fully saturated rings. The maximum absolute atomic E-state index is 12.4. The Morgan fingerprint density at radius 1 is 0.903 bits per heavy atom. The summed E-state index contributed by atoms with van der Waals surface area (Å²) >= 11 is 1.28. The van der Waals surface area contributed by atoms with Crippen LogP contribution < -0.4 is 24.8 Å². The van der Waals surface area contributed by atoms with Crippen LogP contribution in [0.2, 0.25) is 0 Å². The van der Waals surface area contributed by atoms with Crippen LogP contribution in [0.15, 0.2) is 41.8 Å². The number of carbonyl (C=O) groups excluding carboxylic acids is 2. The first-order valence-corrected chi connectivity index (χ1v) is 9.89. The van der Waals surface area contributed by atoms with Gasteiger partial charge in [-0.15, -0.1) is 11.3 Å². The number of nitrogens with zero attached hydrogens (tertiary/aromatic N) is 1. The smallest absolute Gasteiger partial charge is 0.337 e. The van der Waals surface area contributed by atoms with Crippen molar-refractivity contribution < 1.29 is 28.5 Å². The van der Waals surface area contributed by atoms with Crippen LogP contribution in [0.4, 0.5) is 15.6 Å². The highest BCUT2D eigenvalue weighted by molar-refractivity contribution is 7.14. The highest BCUT2D eigenvalue weighted by atomic mass is 32.1. The highest BCUT2D eigenvalue weighted by Gasteiger charge is 2.15. The molecule has 2 aromatic carbocycles. The van der Waals surface area contributed by atoms with Gasteiger partial charge >= 0.3 is 12.0 Å². The van der Waals surface area contributed by atoms with Gasteiger partial charge in [0.2, 0.25) is 5.75 Å². The van der Waals surface area contributed by atoms with E-state index in [1.54, 1.807) is 36.4 Å². The van der Waals surface area contributed by atoms with Gasteiger partial charge in [0.05, 0.1) is 45.4 Å². The number of urea groups is 1. The lowest BCUT2D eigenvalue weighted by Crippen LogP contribution is -2.19. The molecule has 0 unspecified atom stereocenters. The van der Waals surface area contributed by atoms with E-state index in [9.17, 15) is 9.59 Å². The van der Waals surface area contributed by atoms with Crippen LogP contribution >= 0.6 is 11.3 Å². The van der Waals surface area contributed by atoms with Gasteiger partial charge in [-0.05, 0) is 12.1 Å².